The van der Waals surface area contributed by atoms with Crippen LogP contribution in [0.3, 0.4) is 0 Å². The Morgan fingerprint density at radius 3 is 2.19 bits per heavy atom. The third kappa shape index (κ3) is 4.14. The van der Waals surface area contributed by atoms with Gasteiger partial charge in [0.15, 0.2) is 9.84 Å². The maximum atomic E-state index is 13.2. The molecule has 0 aromatic heterocycles. The molecule has 3 rings (SSSR count). The van der Waals surface area contributed by atoms with Gasteiger partial charge in [-0.3, -0.25) is 5.01 Å². The molecule has 0 bridgehead atoms. The quantitative estimate of drug-likeness (QED) is 0.858. The van der Waals surface area contributed by atoms with Crippen molar-refractivity contribution in [1.29, 1.82) is 0 Å². The Morgan fingerprint density at radius 1 is 1.11 bits per heavy atom. The summed E-state index contributed by atoms with van der Waals surface area (Å²) in [5, 5.41) is 5.06. The van der Waals surface area contributed by atoms with Crippen LogP contribution in [0.4, 0.5) is 18.9 Å². The van der Waals surface area contributed by atoms with Crippen LogP contribution < -0.4 is 10.7 Å². The first-order valence-electron chi connectivity index (χ1n) is 8.12. The highest BCUT2D eigenvalue weighted by molar-refractivity contribution is 7.90. The lowest BCUT2D eigenvalue weighted by Gasteiger charge is -2.24. The average molecular weight is 397 g/mol. The summed E-state index contributed by atoms with van der Waals surface area (Å²) in [5.41, 5.74) is 6.62. The molecule has 0 saturated heterocycles. The zero-order valence-corrected chi connectivity index (χ0v) is 15.3. The highest BCUT2D eigenvalue weighted by Gasteiger charge is 2.43. The van der Waals surface area contributed by atoms with Crippen molar-refractivity contribution in [2.75, 3.05) is 11.3 Å². The highest BCUT2D eigenvalue weighted by atomic mass is 32.2. The van der Waals surface area contributed by atoms with E-state index in [0.717, 1.165) is 11.8 Å². The predicted molar refractivity (Wildman–Crippen MR) is 97.2 cm³/mol. The van der Waals surface area contributed by atoms with Crippen LogP contribution in [0.2, 0.25) is 0 Å². The highest BCUT2D eigenvalue weighted by Crippen LogP contribution is 2.39. The standard InChI is InChI=1S/C18H18F3N3O2S/c1-27(25,26)15-8-6-14(7-9-15)24-16(10-17(23-24)18(19,20)21)13-4-2-12(11-22)3-5-13/h2-9,16H,10-11,22H2,1H3. The van der Waals surface area contributed by atoms with E-state index in [4.69, 9.17) is 5.73 Å². The van der Waals surface area contributed by atoms with E-state index in [9.17, 15) is 21.6 Å². The van der Waals surface area contributed by atoms with E-state index >= 15 is 0 Å². The fourth-order valence-corrected chi connectivity index (χ4v) is 3.53. The lowest BCUT2D eigenvalue weighted by Crippen LogP contribution is -2.21. The summed E-state index contributed by atoms with van der Waals surface area (Å²) in [6.45, 7) is 0.339. The van der Waals surface area contributed by atoms with E-state index in [1.54, 1.807) is 24.3 Å². The van der Waals surface area contributed by atoms with Crippen molar-refractivity contribution >= 4 is 21.2 Å². The number of nitrogens with zero attached hydrogens (tertiary/aromatic N) is 2. The molecule has 2 N–H and O–H groups in total. The van der Waals surface area contributed by atoms with E-state index < -0.39 is 27.8 Å². The van der Waals surface area contributed by atoms with Crippen LogP contribution in [-0.4, -0.2) is 26.6 Å². The number of hydrogen-bond donors (Lipinski definition) is 1. The SMILES string of the molecule is CS(=O)(=O)c1ccc(N2N=C(C(F)(F)F)CC2c2ccc(CN)cc2)cc1. The van der Waals surface area contributed by atoms with Crippen molar-refractivity contribution in [3.05, 3.63) is 59.7 Å². The van der Waals surface area contributed by atoms with Crippen LogP contribution in [0.15, 0.2) is 58.5 Å². The molecule has 0 radical (unpaired) electrons. The third-order valence-corrected chi connectivity index (χ3v) is 5.50. The van der Waals surface area contributed by atoms with Crippen LogP contribution in [0.1, 0.15) is 23.6 Å². The second kappa shape index (κ2) is 6.97. The molecule has 0 spiro atoms. The number of hydrogen-bond acceptors (Lipinski definition) is 5. The van der Waals surface area contributed by atoms with E-state index in [1.165, 1.54) is 29.3 Å². The van der Waals surface area contributed by atoms with Gasteiger partial charge in [-0.25, -0.2) is 8.42 Å². The normalized spacial score (nSPS) is 17.9. The van der Waals surface area contributed by atoms with Crippen molar-refractivity contribution < 1.29 is 21.6 Å². The minimum Gasteiger partial charge on any atom is -0.326 e. The number of anilines is 1. The molecule has 1 aliphatic rings. The Morgan fingerprint density at radius 2 is 1.70 bits per heavy atom. The molecule has 9 heteroatoms. The van der Waals surface area contributed by atoms with Gasteiger partial charge in [-0.1, -0.05) is 24.3 Å². The van der Waals surface area contributed by atoms with Gasteiger partial charge < -0.3 is 5.73 Å². The van der Waals surface area contributed by atoms with Crippen LogP contribution in [0, 0.1) is 0 Å². The monoisotopic (exact) mass is 397 g/mol. The molecule has 144 valence electrons. The molecular weight excluding hydrogens is 379 g/mol. The second-order valence-corrected chi connectivity index (χ2v) is 8.34. The van der Waals surface area contributed by atoms with Crippen molar-refractivity contribution in [3.8, 4) is 0 Å². The number of sulfone groups is 1. The maximum Gasteiger partial charge on any atom is 0.431 e. The Balaban J connectivity index is 2.00. The fourth-order valence-electron chi connectivity index (χ4n) is 2.90. The number of hydrazone groups is 1. The largest absolute Gasteiger partial charge is 0.431 e. The molecule has 2 aromatic rings. The van der Waals surface area contributed by atoms with Crippen LogP contribution in [-0.2, 0) is 16.4 Å². The minimum atomic E-state index is -4.53. The molecule has 0 amide bonds. The van der Waals surface area contributed by atoms with Crippen LogP contribution in [0.5, 0.6) is 0 Å². The molecule has 0 fully saturated rings. The molecule has 27 heavy (non-hydrogen) atoms. The lowest BCUT2D eigenvalue weighted by atomic mass is 10.00. The average Bonchev–Trinajstić information content (AvgIpc) is 3.07. The zero-order chi connectivity index (χ0) is 19.8. The second-order valence-electron chi connectivity index (χ2n) is 6.32. The molecule has 0 aliphatic carbocycles. The summed E-state index contributed by atoms with van der Waals surface area (Å²) in [4.78, 5) is 0.0920. The third-order valence-electron chi connectivity index (χ3n) is 4.37. The van der Waals surface area contributed by atoms with E-state index in [2.05, 4.69) is 5.10 Å². The minimum absolute atomic E-state index is 0.0920. The molecule has 5 nitrogen and oxygen atoms in total. The van der Waals surface area contributed by atoms with Gasteiger partial charge in [0.05, 0.1) is 16.6 Å². The number of benzene rings is 2. The maximum absolute atomic E-state index is 13.2. The number of alkyl halides is 3. The van der Waals surface area contributed by atoms with Gasteiger partial charge in [-0.05, 0) is 35.4 Å². The molecule has 2 aromatic carbocycles. The van der Waals surface area contributed by atoms with Gasteiger partial charge in [0, 0.05) is 19.2 Å². The molecular formula is C18H18F3N3O2S. The van der Waals surface area contributed by atoms with Gasteiger partial charge in [0.25, 0.3) is 0 Å². The Labute approximate surface area is 155 Å². The summed E-state index contributed by atoms with van der Waals surface area (Å²) in [6, 6.07) is 12.0. The van der Waals surface area contributed by atoms with Gasteiger partial charge in [-0.2, -0.15) is 18.3 Å². The molecule has 1 unspecified atom stereocenters. The van der Waals surface area contributed by atoms with E-state index in [0.29, 0.717) is 17.8 Å². The first-order chi connectivity index (χ1) is 12.6. The predicted octanol–water partition coefficient (Wildman–Crippen LogP) is 3.42. The lowest BCUT2D eigenvalue weighted by molar-refractivity contribution is -0.0600. The van der Waals surface area contributed by atoms with Crippen LogP contribution in [0.25, 0.3) is 0 Å². The molecule has 1 atom stereocenters. The van der Waals surface area contributed by atoms with Crippen molar-refractivity contribution in [1.82, 2.24) is 0 Å². The van der Waals surface area contributed by atoms with Gasteiger partial charge in [-0.15, -0.1) is 0 Å². The Kier molecular flexibility index (Phi) is 5.00. The van der Waals surface area contributed by atoms with Gasteiger partial charge in [0.1, 0.15) is 5.71 Å². The molecule has 0 saturated carbocycles. The first-order valence-corrected chi connectivity index (χ1v) is 10.0. The number of halogens is 3. The number of nitrogens with two attached hydrogens (primary N) is 1. The molecule has 1 heterocycles. The van der Waals surface area contributed by atoms with Crippen molar-refractivity contribution in [2.45, 2.75) is 30.1 Å². The fraction of sp³-hybridized carbons (Fsp3) is 0.278. The first kappa shape index (κ1) is 19.4. The topological polar surface area (TPSA) is 75.8 Å². The van der Waals surface area contributed by atoms with Gasteiger partial charge >= 0.3 is 6.18 Å². The Bertz CT molecular complexity index is 953. The van der Waals surface area contributed by atoms with Crippen molar-refractivity contribution in [2.24, 2.45) is 10.8 Å². The Hall–Kier alpha value is -2.39. The summed E-state index contributed by atoms with van der Waals surface area (Å²) < 4.78 is 62.9. The summed E-state index contributed by atoms with van der Waals surface area (Å²) in [5.74, 6) is 0. The van der Waals surface area contributed by atoms with Gasteiger partial charge in [0.2, 0.25) is 0 Å². The summed E-state index contributed by atoms with van der Waals surface area (Å²) >= 11 is 0. The van der Waals surface area contributed by atoms with Crippen LogP contribution >= 0.6 is 0 Å². The zero-order valence-electron chi connectivity index (χ0n) is 14.4. The molecule has 1 aliphatic heterocycles. The van der Waals surface area contributed by atoms with E-state index in [1.807, 2.05) is 0 Å². The number of rotatable bonds is 4. The summed E-state index contributed by atoms with van der Waals surface area (Å²) in [6.07, 6.45) is -3.75. The smallest absolute Gasteiger partial charge is 0.326 e. The van der Waals surface area contributed by atoms with Crippen molar-refractivity contribution in [3.63, 3.8) is 0 Å². The van der Waals surface area contributed by atoms with E-state index in [-0.39, 0.29) is 11.3 Å². The summed E-state index contributed by atoms with van der Waals surface area (Å²) in [7, 11) is -3.40.